The molecule has 6 nitrogen and oxygen atoms in total. The van der Waals surface area contributed by atoms with Gasteiger partial charge in [0.25, 0.3) is 0 Å². The Kier molecular flexibility index (Phi) is 12.9. The molecule has 0 bridgehead atoms. The van der Waals surface area contributed by atoms with E-state index in [9.17, 15) is 0 Å². The van der Waals surface area contributed by atoms with Crippen LogP contribution in [-0.4, -0.2) is 29.3 Å². The highest BCUT2D eigenvalue weighted by atomic mass is 15.0. The van der Waals surface area contributed by atoms with Crippen molar-refractivity contribution in [2.75, 3.05) is 29.5 Å². The molecule has 0 atom stereocenters. The lowest BCUT2D eigenvalue weighted by Crippen LogP contribution is -2.14. The molecule has 0 spiro atoms. The van der Waals surface area contributed by atoms with Gasteiger partial charge in [-0.1, -0.05) is 59.9 Å². The molecule has 0 aliphatic heterocycles. The summed E-state index contributed by atoms with van der Waals surface area (Å²) in [6, 6.07) is 12.5. The molecule has 4 rings (SSSR count). The number of nitrogens with one attached hydrogen (secondary N) is 3. The topological polar surface area (TPSA) is 74.2 Å². The van der Waals surface area contributed by atoms with Gasteiger partial charge in [-0.2, -0.15) is 0 Å². The number of hydrogen-bond donors (Lipinski definition) is 3. The minimum absolute atomic E-state index is 0.588. The lowest BCUT2D eigenvalue weighted by molar-refractivity contribution is 0.969. The van der Waals surface area contributed by atoms with Crippen molar-refractivity contribution < 1.29 is 0 Å². The molecule has 6 heteroatoms. The van der Waals surface area contributed by atoms with Crippen LogP contribution < -0.4 is 16.0 Å². The number of allylic oxidation sites excluding steroid dienone is 2. The van der Waals surface area contributed by atoms with E-state index in [1.54, 1.807) is 13.2 Å². The summed E-state index contributed by atoms with van der Waals surface area (Å²) in [5.74, 6) is 1.45. The quantitative estimate of drug-likeness (QED) is 0.218. The van der Waals surface area contributed by atoms with Crippen molar-refractivity contribution >= 4 is 22.9 Å². The van der Waals surface area contributed by atoms with E-state index in [1.807, 2.05) is 52.2 Å². The number of anilines is 3. The summed E-state index contributed by atoms with van der Waals surface area (Å²) in [6.45, 7) is 21.6. The average molecular weight is 527 g/mol. The third-order valence-electron chi connectivity index (χ3n) is 6.06. The van der Waals surface area contributed by atoms with Crippen LogP contribution in [0.2, 0.25) is 0 Å². The Morgan fingerprint density at radius 1 is 0.923 bits per heavy atom. The Morgan fingerprint density at radius 3 is 2.28 bits per heavy atom. The van der Waals surface area contributed by atoms with Crippen molar-refractivity contribution in [1.29, 1.82) is 0 Å². The van der Waals surface area contributed by atoms with Gasteiger partial charge < -0.3 is 16.0 Å². The summed E-state index contributed by atoms with van der Waals surface area (Å²) in [6.07, 6.45) is 9.02. The lowest BCUT2D eigenvalue weighted by Gasteiger charge is -2.16. The van der Waals surface area contributed by atoms with Crippen LogP contribution in [-0.2, 0) is 0 Å². The van der Waals surface area contributed by atoms with Crippen LogP contribution in [0.3, 0.4) is 0 Å². The molecular weight excluding hydrogens is 480 g/mol. The molecule has 1 aromatic carbocycles. The van der Waals surface area contributed by atoms with Crippen molar-refractivity contribution in [3.05, 3.63) is 90.7 Å². The van der Waals surface area contributed by atoms with Crippen LogP contribution in [0.5, 0.6) is 0 Å². The second-order valence-electron chi connectivity index (χ2n) is 8.95. The highest BCUT2D eigenvalue weighted by Gasteiger charge is 2.24. The first kappa shape index (κ1) is 31.3. The number of hydrogen-bond acceptors (Lipinski definition) is 6. The zero-order valence-corrected chi connectivity index (χ0v) is 24.9. The Bertz CT molecular complexity index is 1240. The summed E-state index contributed by atoms with van der Waals surface area (Å²) < 4.78 is 0. The number of benzene rings is 1. The van der Waals surface area contributed by atoms with Gasteiger partial charge in [-0.3, -0.25) is 9.98 Å². The second kappa shape index (κ2) is 16.1. The largest absolute Gasteiger partial charge is 0.370 e. The molecule has 1 fully saturated rings. The minimum Gasteiger partial charge on any atom is -0.370 e. The maximum absolute atomic E-state index is 4.57. The molecule has 0 saturated heterocycles. The summed E-state index contributed by atoms with van der Waals surface area (Å²) in [5, 5.41) is 10.1. The van der Waals surface area contributed by atoms with Crippen molar-refractivity contribution in [3.63, 3.8) is 0 Å². The Balaban J connectivity index is 0.00000127. The molecule has 1 saturated carbocycles. The highest BCUT2D eigenvalue weighted by molar-refractivity contribution is 6.15. The predicted molar refractivity (Wildman–Crippen MR) is 171 cm³/mol. The van der Waals surface area contributed by atoms with Crippen LogP contribution in [0.25, 0.3) is 11.1 Å². The van der Waals surface area contributed by atoms with Crippen LogP contribution in [0.15, 0.2) is 84.5 Å². The van der Waals surface area contributed by atoms with Gasteiger partial charge in [-0.05, 0) is 67.5 Å². The summed E-state index contributed by atoms with van der Waals surface area (Å²) in [7, 11) is 1.79. The first-order valence-electron chi connectivity index (χ1n) is 14.1. The average Bonchev–Trinajstić information content (AvgIpc) is 3.82. The van der Waals surface area contributed by atoms with Gasteiger partial charge in [0.15, 0.2) is 0 Å². The second-order valence-corrected chi connectivity index (χ2v) is 8.95. The van der Waals surface area contributed by atoms with E-state index in [0.29, 0.717) is 5.92 Å². The molecule has 2 heterocycles. The van der Waals surface area contributed by atoms with Crippen LogP contribution >= 0.6 is 0 Å². The molecule has 1 aliphatic rings. The van der Waals surface area contributed by atoms with E-state index >= 15 is 0 Å². The van der Waals surface area contributed by atoms with Crippen LogP contribution in [0.1, 0.15) is 65.0 Å². The number of aliphatic imine (C=N–C) groups is 1. The Labute approximate surface area is 235 Å². The summed E-state index contributed by atoms with van der Waals surface area (Å²) in [4.78, 5) is 13.5. The fraction of sp³-hybridized carbons (Fsp3) is 0.364. The predicted octanol–water partition coefficient (Wildman–Crippen LogP) is 8.71. The van der Waals surface area contributed by atoms with E-state index in [2.05, 4.69) is 82.2 Å². The number of pyridine rings is 2. The number of aryl methyl sites for hydroxylation is 1. The van der Waals surface area contributed by atoms with Gasteiger partial charge >= 0.3 is 0 Å². The fourth-order valence-electron chi connectivity index (χ4n) is 3.92. The van der Waals surface area contributed by atoms with Crippen molar-refractivity contribution in [1.82, 2.24) is 9.97 Å². The van der Waals surface area contributed by atoms with Gasteiger partial charge in [0.1, 0.15) is 5.82 Å². The first-order chi connectivity index (χ1) is 19.0. The third-order valence-corrected chi connectivity index (χ3v) is 6.06. The van der Waals surface area contributed by atoms with E-state index in [-0.39, 0.29) is 0 Å². The molecular formula is C33H46N6. The lowest BCUT2D eigenvalue weighted by atomic mass is 9.96. The third kappa shape index (κ3) is 9.10. The van der Waals surface area contributed by atoms with Gasteiger partial charge in [0, 0.05) is 36.6 Å². The van der Waals surface area contributed by atoms with E-state index in [4.69, 9.17) is 0 Å². The zero-order chi connectivity index (χ0) is 28.8. The van der Waals surface area contributed by atoms with Crippen molar-refractivity contribution in [2.45, 2.75) is 60.8 Å². The molecule has 0 amide bonds. The normalized spacial score (nSPS) is 12.2. The fourth-order valence-corrected chi connectivity index (χ4v) is 3.92. The number of nitrogens with zero attached hydrogens (tertiary/aromatic N) is 3. The zero-order valence-electron chi connectivity index (χ0n) is 24.9. The van der Waals surface area contributed by atoms with Crippen molar-refractivity contribution in [2.24, 2.45) is 10.9 Å². The maximum Gasteiger partial charge on any atom is 0.126 e. The summed E-state index contributed by atoms with van der Waals surface area (Å²) >= 11 is 0. The van der Waals surface area contributed by atoms with Gasteiger partial charge in [0.2, 0.25) is 0 Å². The SMILES string of the molecule is C=C(Nc1ccc(NCCC)nc1)C(=NC)c1cc(-c2cncc(NC(=C)C3CC3)c2)ccc1C.CC.CC. The molecule has 0 unspecified atom stereocenters. The van der Waals surface area contributed by atoms with E-state index in [1.165, 1.54) is 12.8 Å². The smallest absolute Gasteiger partial charge is 0.126 e. The molecule has 0 radical (unpaired) electrons. The monoisotopic (exact) mass is 526 g/mol. The standard InChI is InChI=1S/C29H34N6.2C2H6/c1-6-13-32-28-12-11-25(18-33-28)35-21(4)29(30-5)27-15-23(8-7-19(27)2)24-14-26(17-31-16-24)34-20(3)22-9-10-22;2*1-2/h7-8,11-12,14-18,22,34-35H,3-4,6,9-10,13H2,1-2,5H3,(H,32,33);2*1-2H3. The van der Waals surface area contributed by atoms with Gasteiger partial charge in [-0.15, -0.1) is 0 Å². The molecule has 2 aromatic heterocycles. The van der Waals surface area contributed by atoms with Gasteiger partial charge in [0.05, 0.1) is 35.2 Å². The minimum atomic E-state index is 0.588. The van der Waals surface area contributed by atoms with Crippen LogP contribution in [0, 0.1) is 12.8 Å². The molecule has 208 valence electrons. The summed E-state index contributed by atoms with van der Waals surface area (Å²) in [5.41, 5.74) is 8.68. The molecule has 3 aromatic rings. The highest BCUT2D eigenvalue weighted by Crippen LogP contribution is 2.36. The first-order valence-corrected chi connectivity index (χ1v) is 14.1. The van der Waals surface area contributed by atoms with Crippen molar-refractivity contribution in [3.8, 4) is 11.1 Å². The molecule has 39 heavy (non-hydrogen) atoms. The number of aromatic nitrogens is 2. The molecule has 3 N–H and O–H groups in total. The Morgan fingerprint density at radius 2 is 1.67 bits per heavy atom. The maximum atomic E-state index is 4.57. The van der Waals surface area contributed by atoms with E-state index in [0.717, 1.165) is 69.5 Å². The molecule has 1 aliphatic carbocycles. The van der Waals surface area contributed by atoms with Gasteiger partial charge in [-0.25, -0.2) is 4.98 Å². The Hall–Kier alpha value is -3.93. The van der Waals surface area contributed by atoms with E-state index < -0.39 is 0 Å². The van der Waals surface area contributed by atoms with Crippen LogP contribution in [0.4, 0.5) is 17.2 Å². The number of rotatable bonds is 11.